The van der Waals surface area contributed by atoms with E-state index in [1.807, 2.05) is 22.7 Å². The Hall–Kier alpha value is -10.1. The van der Waals surface area contributed by atoms with Crippen LogP contribution in [-0.2, 0) is 10.8 Å². The van der Waals surface area contributed by atoms with Crippen LogP contribution in [-0.4, -0.2) is 8.80 Å². The molecule has 90 heavy (non-hydrogen) atoms. The Bertz CT molecular complexity index is 5680. The third-order valence-electron chi connectivity index (χ3n) is 19.8. The van der Waals surface area contributed by atoms with Gasteiger partial charge in [-0.2, -0.15) is 0 Å². The van der Waals surface area contributed by atoms with Crippen LogP contribution in [0.4, 0.5) is 0 Å². The van der Waals surface area contributed by atoms with Crippen LogP contribution >= 0.6 is 22.7 Å². The van der Waals surface area contributed by atoms with E-state index in [1.54, 1.807) is 0 Å². The predicted molar refractivity (Wildman–Crippen MR) is 392 cm³/mol. The summed E-state index contributed by atoms with van der Waals surface area (Å²) in [5, 5.41) is 15.7. The van der Waals surface area contributed by atoms with Gasteiger partial charge in [0.1, 0.15) is 0 Å². The minimum Gasteiger partial charge on any atom is -0.308 e. The van der Waals surface area contributed by atoms with Crippen LogP contribution in [0.5, 0.6) is 0 Å². The Morgan fingerprint density at radius 3 is 0.922 bits per heavy atom. The molecule has 0 aliphatic carbocycles. The topological polar surface area (TPSA) is 8.82 Å². The Kier molecular flexibility index (Phi) is 10.8. The van der Waals surface area contributed by atoms with Gasteiger partial charge in [-0.15, -0.1) is 22.7 Å². The summed E-state index contributed by atoms with van der Waals surface area (Å²) in [6.07, 6.45) is 0. The van der Waals surface area contributed by atoms with Crippen molar-refractivity contribution in [3.8, 4) is 66.8 Å². The van der Waals surface area contributed by atoms with E-state index in [0.717, 1.165) is 0 Å². The van der Waals surface area contributed by atoms with Gasteiger partial charge in [0.15, 0.2) is 0 Å². The minimum atomic E-state index is -0.0656. The van der Waals surface area contributed by atoms with Crippen molar-refractivity contribution in [2.45, 2.75) is 52.4 Å². The molecule has 0 aliphatic rings. The molecule has 13 aromatic carbocycles. The average molecular weight is 1190 g/mol. The molecule has 0 fully saturated rings. The fourth-order valence-corrected chi connectivity index (χ4v) is 17.9. The largest absolute Gasteiger partial charge is 0.308 e. The van der Waals surface area contributed by atoms with Crippen LogP contribution in [0.3, 0.4) is 0 Å². The number of thiophene rings is 2. The Balaban J connectivity index is 0.923. The van der Waals surface area contributed by atoms with Crippen molar-refractivity contribution in [3.63, 3.8) is 0 Å². The molecule has 0 aliphatic heterocycles. The van der Waals surface area contributed by atoms with Gasteiger partial charge in [-0.05, 0) is 174 Å². The quantitative estimate of drug-likeness (QED) is 0.157. The molecule has 0 saturated heterocycles. The molecule has 6 heterocycles. The molecule has 0 radical (unpaired) electrons. The molecular formula is C86H60N2S2. The van der Waals surface area contributed by atoms with E-state index in [-0.39, 0.29) is 10.8 Å². The van der Waals surface area contributed by atoms with Crippen molar-refractivity contribution in [2.24, 2.45) is 0 Å². The number of hydrogen-bond donors (Lipinski definition) is 0. The number of hydrogen-bond acceptors (Lipinski definition) is 2. The molecule has 0 N–H and O–H groups in total. The lowest BCUT2D eigenvalue weighted by atomic mass is 9.79. The summed E-state index contributed by atoms with van der Waals surface area (Å²) in [4.78, 5) is 0. The van der Waals surface area contributed by atoms with E-state index in [2.05, 4.69) is 305 Å². The van der Waals surface area contributed by atoms with E-state index in [0.29, 0.717) is 0 Å². The van der Waals surface area contributed by atoms with Gasteiger partial charge in [-0.1, -0.05) is 211 Å². The Morgan fingerprint density at radius 2 is 0.578 bits per heavy atom. The van der Waals surface area contributed by atoms with Crippen LogP contribution in [0.1, 0.15) is 52.7 Å². The molecule has 0 unspecified atom stereocenters. The molecule has 0 amide bonds. The molecule has 4 heteroatoms. The highest BCUT2D eigenvalue weighted by molar-refractivity contribution is 7.26. The second-order valence-electron chi connectivity index (χ2n) is 27.1. The summed E-state index contributed by atoms with van der Waals surface area (Å²) in [5.41, 5.74) is 24.9. The SMILES string of the molecule is CC(C)(C)c1cc(-c2ccccc2)c(-c2ccc3c(c2)c2c4c(cc5c6cc7c(cc6n3c52)c2cc3sc5ccccc5c3c3c5cc(-c6c(-c8ccccc8)cc(C(C)(C)C)cc6-c6ccccc6)ccc5n7c23)sc2ccccc24)c(-c2ccccc2)c1. The standard InChI is InChI=1S/C86H60N2S2/c1-85(2,3)55-41-59(49-23-11-7-12-24-49)77(60(42-55)50-25-13-8-14-26-50)53-35-37-69-67(39-53)81-79-57-31-19-21-33-73(57)89-75(79)47-65-63-46-72-64(45-71(63)87(69)83(65)81)66-48-76-80(58-32-20-22-34-74(58)90-76)82-68-40-54(36-38-70(68)88(72)84(66)82)78-61(51-27-15-9-16-28-51)43-56(86(4,5)6)44-62(78)52-29-17-10-18-30-52/h7-48H,1-6H3. The van der Waals surface area contributed by atoms with Gasteiger partial charge in [0.05, 0.1) is 33.1 Å². The summed E-state index contributed by atoms with van der Waals surface area (Å²) in [6, 6.07) is 97.2. The molecule has 19 rings (SSSR count). The fraction of sp³-hybridized carbons (Fsp3) is 0.0930. The van der Waals surface area contributed by atoms with Crippen LogP contribution in [0.2, 0.25) is 0 Å². The van der Waals surface area contributed by atoms with Gasteiger partial charge in [0, 0.05) is 83.4 Å². The lowest BCUT2D eigenvalue weighted by molar-refractivity contribution is 0.590. The zero-order chi connectivity index (χ0) is 60.1. The molecule has 19 aromatic rings. The Morgan fingerprint density at radius 1 is 0.244 bits per heavy atom. The van der Waals surface area contributed by atoms with Crippen LogP contribution < -0.4 is 0 Å². The first kappa shape index (κ1) is 51.9. The van der Waals surface area contributed by atoms with Crippen LogP contribution in [0, 0.1) is 0 Å². The zero-order valence-electron chi connectivity index (χ0n) is 51.0. The number of aromatic nitrogens is 2. The van der Waals surface area contributed by atoms with Gasteiger partial charge < -0.3 is 8.80 Å². The van der Waals surface area contributed by atoms with E-state index >= 15 is 0 Å². The smallest absolute Gasteiger partial charge is 0.0627 e. The maximum atomic E-state index is 2.64. The monoisotopic (exact) mass is 1180 g/mol. The maximum absolute atomic E-state index is 2.64. The van der Waals surface area contributed by atoms with Gasteiger partial charge in [-0.25, -0.2) is 0 Å². The third kappa shape index (κ3) is 7.38. The third-order valence-corrected chi connectivity index (χ3v) is 22.1. The second kappa shape index (κ2) is 18.7. The highest BCUT2D eigenvalue weighted by Crippen LogP contribution is 2.54. The average Bonchev–Trinajstić information content (AvgIpc) is 1.51. The predicted octanol–water partition coefficient (Wildman–Crippen LogP) is 25.3. The summed E-state index contributed by atoms with van der Waals surface area (Å²) in [5.74, 6) is 0. The van der Waals surface area contributed by atoms with Crippen molar-refractivity contribution in [1.82, 2.24) is 8.80 Å². The van der Waals surface area contributed by atoms with Crippen molar-refractivity contribution >= 4 is 139 Å². The Labute approximate surface area is 529 Å². The number of nitrogens with zero attached hydrogens (tertiary/aromatic N) is 2. The van der Waals surface area contributed by atoms with Gasteiger partial charge in [0.25, 0.3) is 0 Å². The second-order valence-corrected chi connectivity index (χ2v) is 29.3. The molecular weight excluding hydrogens is 1130 g/mol. The summed E-state index contributed by atoms with van der Waals surface area (Å²) in [7, 11) is 0. The molecule has 6 aromatic heterocycles. The van der Waals surface area contributed by atoms with Gasteiger partial charge in [-0.3, -0.25) is 0 Å². The number of rotatable bonds is 6. The van der Waals surface area contributed by atoms with Crippen LogP contribution in [0.25, 0.3) is 183 Å². The summed E-state index contributed by atoms with van der Waals surface area (Å²) < 4.78 is 10.5. The molecule has 0 atom stereocenters. The molecule has 0 bridgehead atoms. The first-order valence-electron chi connectivity index (χ1n) is 31.6. The normalized spacial score (nSPS) is 12.8. The number of fused-ring (bicyclic) bond motifs is 20. The minimum absolute atomic E-state index is 0.0656. The zero-order valence-corrected chi connectivity index (χ0v) is 52.6. The van der Waals surface area contributed by atoms with Crippen molar-refractivity contribution < 1.29 is 0 Å². The number of benzene rings is 13. The van der Waals surface area contributed by atoms with E-state index in [4.69, 9.17) is 0 Å². The van der Waals surface area contributed by atoms with E-state index in [1.165, 1.54) is 194 Å². The van der Waals surface area contributed by atoms with Crippen molar-refractivity contribution in [3.05, 3.63) is 266 Å². The fourth-order valence-electron chi connectivity index (χ4n) is 15.6. The molecule has 426 valence electrons. The maximum Gasteiger partial charge on any atom is 0.0627 e. The lowest BCUT2D eigenvalue weighted by Crippen LogP contribution is -2.12. The molecule has 0 saturated carbocycles. The molecule has 0 spiro atoms. The van der Waals surface area contributed by atoms with Gasteiger partial charge >= 0.3 is 0 Å². The highest BCUT2D eigenvalue weighted by atomic mass is 32.1. The van der Waals surface area contributed by atoms with E-state index in [9.17, 15) is 0 Å². The first-order valence-corrected chi connectivity index (χ1v) is 33.2. The van der Waals surface area contributed by atoms with Crippen LogP contribution in [0.15, 0.2) is 255 Å². The van der Waals surface area contributed by atoms with Crippen molar-refractivity contribution in [1.29, 1.82) is 0 Å². The first-order chi connectivity index (χ1) is 43.9. The summed E-state index contributed by atoms with van der Waals surface area (Å²) in [6.45, 7) is 14.0. The molecule has 2 nitrogen and oxygen atoms in total. The highest BCUT2D eigenvalue weighted by Gasteiger charge is 2.30. The summed E-state index contributed by atoms with van der Waals surface area (Å²) >= 11 is 3.85. The van der Waals surface area contributed by atoms with Gasteiger partial charge in [0.2, 0.25) is 0 Å². The van der Waals surface area contributed by atoms with Crippen molar-refractivity contribution in [2.75, 3.05) is 0 Å². The van der Waals surface area contributed by atoms with E-state index < -0.39 is 0 Å². The lowest BCUT2D eigenvalue weighted by Gasteiger charge is -2.25.